The first kappa shape index (κ1) is 31.8. The van der Waals surface area contributed by atoms with Crippen molar-refractivity contribution >= 4 is 0 Å². The molecule has 0 aromatic heterocycles. The van der Waals surface area contributed by atoms with Crippen LogP contribution in [-0.4, -0.2) is 28.4 Å². The molecule has 0 spiro atoms. The molecule has 0 N–H and O–H groups in total. The van der Waals surface area contributed by atoms with Crippen LogP contribution in [0.15, 0.2) is 133 Å². The van der Waals surface area contributed by atoms with E-state index in [0.717, 1.165) is 90.5 Å². The highest BCUT2D eigenvalue weighted by Crippen LogP contribution is 2.47. The minimum absolute atomic E-state index is 0.496. The first-order valence-corrected chi connectivity index (χ1v) is 16.3. The van der Waals surface area contributed by atoms with Crippen LogP contribution in [0.5, 0.6) is 23.0 Å². The molecular weight excluding hydrogens is 608 g/mol. The lowest BCUT2D eigenvalue weighted by Crippen LogP contribution is -2.11. The summed E-state index contributed by atoms with van der Waals surface area (Å²) in [4.78, 5) is 0. The molecule has 0 atom stereocenters. The minimum atomic E-state index is 0.496. The second-order valence-corrected chi connectivity index (χ2v) is 11.8. The second-order valence-electron chi connectivity index (χ2n) is 11.8. The molecule has 0 saturated heterocycles. The third kappa shape index (κ3) is 6.29. The van der Waals surface area contributed by atoms with Gasteiger partial charge in [-0.1, -0.05) is 0 Å². The summed E-state index contributed by atoms with van der Waals surface area (Å²) in [5.74, 6) is 5.46. The van der Waals surface area contributed by atoms with E-state index >= 15 is 0 Å². The van der Waals surface area contributed by atoms with Gasteiger partial charge in [-0.25, -0.2) is 0 Å². The van der Waals surface area contributed by atoms with Crippen LogP contribution in [0.1, 0.15) is 44.5 Å². The highest BCUT2D eigenvalue weighted by atomic mass is 16.5. The summed E-state index contributed by atoms with van der Waals surface area (Å²) in [7, 11) is 6.77. The van der Waals surface area contributed by atoms with E-state index in [1.165, 1.54) is 0 Å². The van der Waals surface area contributed by atoms with E-state index in [1.807, 2.05) is 48.5 Å². The van der Waals surface area contributed by atoms with Crippen molar-refractivity contribution in [3.8, 4) is 34.1 Å². The fourth-order valence-electron chi connectivity index (χ4n) is 6.70. The molecule has 49 heavy (non-hydrogen) atoms. The van der Waals surface area contributed by atoms with Crippen LogP contribution in [0.25, 0.3) is 11.1 Å². The van der Waals surface area contributed by atoms with Crippen LogP contribution < -0.4 is 18.9 Å². The van der Waals surface area contributed by atoms with Gasteiger partial charge in [-0.05, 0) is 84.9 Å². The molecule has 0 fully saturated rings. The zero-order valence-electron chi connectivity index (χ0n) is 28.2. The second kappa shape index (κ2) is 14.1. The lowest BCUT2D eigenvalue weighted by atomic mass is 9.75. The monoisotopic (exact) mass is 646 g/mol. The van der Waals surface area contributed by atoms with Crippen molar-refractivity contribution in [2.24, 2.45) is 0 Å². The maximum Gasteiger partial charge on any atom is 0.129 e. The largest absolute Gasteiger partial charge is 0.496 e. The quantitative estimate of drug-likeness (QED) is 0.110. The maximum atomic E-state index is 6.38. The van der Waals surface area contributed by atoms with Gasteiger partial charge in [0.2, 0.25) is 0 Å². The van der Waals surface area contributed by atoms with Gasteiger partial charge < -0.3 is 23.7 Å². The number of benzene rings is 6. The van der Waals surface area contributed by atoms with Gasteiger partial charge in [-0.2, -0.15) is 0 Å². The third-order valence-electron chi connectivity index (χ3n) is 9.12. The van der Waals surface area contributed by atoms with Crippen LogP contribution >= 0.6 is 0 Å². The number of rotatable bonds is 10. The molecule has 0 radical (unpaired) electrons. The first-order chi connectivity index (χ1) is 24.1. The molecule has 242 valence electrons. The first-order valence-electron chi connectivity index (χ1n) is 16.3. The SMILES string of the molecule is COc1ccc([C+](c2ccc(OC)cc2)c2cccc3c2-c2c(cccc2[C+](c2ccc(OC)cc2)c2ccc(OC)cc2)COC3)cc1. The summed E-state index contributed by atoms with van der Waals surface area (Å²) in [5.41, 5.74) is 11.1. The van der Waals surface area contributed by atoms with Gasteiger partial charge in [-0.15, -0.1) is 0 Å². The molecule has 5 nitrogen and oxygen atoms in total. The molecule has 0 saturated carbocycles. The van der Waals surface area contributed by atoms with Gasteiger partial charge in [0.05, 0.1) is 98.0 Å². The van der Waals surface area contributed by atoms with Crippen molar-refractivity contribution in [3.05, 3.63) is 190 Å². The van der Waals surface area contributed by atoms with E-state index in [9.17, 15) is 0 Å². The van der Waals surface area contributed by atoms with Gasteiger partial charge in [-0.3, -0.25) is 0 Å². The third-order valence-corrected chi connectivity index (χ3v) is 9.12. The van der Waals surface area contributed by atoms with Gasteiger partial charge in [0.15, 0.2) is 0 Å². The van der Waals surface area contributed by atoms with Gasteiger partial charge in [0.25, 0.3) is 0 Å². The van der Waals surface area contributed by atoms with Gasteiger partial charge in [0, 0.05) is 59.7 Å². The van der Waals surface area contributed by atoms with Crippen molar-refractivity contribution in [3.63, 3.8) is 0 Å². The number of methoxy groups -OCH3 is 4. The van der Waals surface area contributed by atoms with E-state index in [2.05, 4.69) is 84.9 Å². The van der Waals surface area contributed by atoms with Crippen molar-refractivity contribution < 1.29 is 23.7 Å². The summed E-state index contributed by atoms with van der Waals surface area (Å²) in [6.07, 6.45) is 0. The van der Waals surface area contributed by atoms with E-state index in [-0.39, 0.29) is 0 Å². The molecule has 0 amide bonds. The molecule has 6 aromatic rings. The molecule has 1 aliphatic heterocycles. The number of hydrogen-bond donors (Lipinski definition) is 0. The number of hydrogen-bond acceptors (Lipinski definition) is 5. The summed E-state index contributed by atoms with van der Waals surface area (Å²) in [6.45, 7) is 0.992. The average Bonchev–Trinajstić information content (AvgIpc) is 3.36. The maximum absolute atomic E-state index is 6.38. The Labute approximate surface area is 288 Å². The minimum Gasteiger partial charge on any atom is -0.496 e. The lowest BCUT2D eigenvalue weighted by Gasteiger charge is -2.22. The van der Waals surface area contributed by atoms with Crippen LogP contribution in [-0.2, 0) is 18.0 Å². The van der Waals surface area contributed by atoms with Gasteiger partial charge in [0.1, 0.15) is 23.0 Å². The Morgan fingerprint density at radius 1 is 0.388 bits per heavy atom. The molecule has 5 heteroatoms. The topological polar surface area (TPSA) is 46.2 Å². The Kier molecular flexibility index (Phi) is 9.18. The van der Waals surface area contributed by atoms with E-state index < -0.39 is 0 Å². The Morgan fingerprint density at radius 3 is 0.939 bits per heavy atom. The van der Waals surface area contributed by atoms with Crippen LogP contribution in [0.3, 0.4) is 0 Å². The highest BCUT2D eigenvalue weighted by molar-refractivity contribution is 5.85. The molecule has 7 rings (SSSR count). The van der Waals surface area contributed by atoms with Crippen molar-refractivity contribution in [2.75, 3.05) is 28.4 Å². The smallest absolute Gasteiger partial charge is 0.129 e. The average molecular weight is 647 g/mol. The normalized spacial score (nSPS) is 11.8. The Balaban J connectivity index is 1.49. The summed E-state index contributed by atoms with van der Waals surface area (Å²) < 4.78 is 28.5. The standard InChI is InChI=1S/C44H38O5/c1-45-35-19-11-29(12-20-35)41(30-13-21-36(46-2)22-14-30)39-9-5-7-33-27-49-28-34-8-6-10-40(44(34)43(33)39)42(31-15-23-37(47-3)24-16-31)32-17-25-38(48-4)26-18-32/h5-26H,27-28H2,1-4H3/q+2. The van der Waals surface area contributed by atoms with E-state index in [1.54, 1.807) is 28.4 Å². The van der Waals surface area contributed by atoms with Gasteiger partial charge >= 0.3 is 0 Å². The van der Waals surface area contributed by atoms with Crippen LogP contribution in [0, 0.1) is 11.8 Å². The Morgan fingerprint density at radius 2 is 0.673 bits per heavy atom. The van der Waals surface area contributed by atoms with Crippen molar-refractivity contribution in [1.82, 2.24) is 0 Å². The molecular formula is C44H38O5+2. The zero-order valence-corrected chi connectivity index (χ0v) is 28.2. The summed E-state index contributed by atoms with van der Waals surface area (Å²) in [5, 5.41) is 0. The predicted molar refractivity (Wildman–Crippen MR) is 193 cm³/mol. The zero-order chi connectivity index (χ0) is 33.7. The predicted octanol–water partition coefficient (Wildman–Crippen LogP) is 9.46. The number of ether oxygens (including phenoxy) is 5. The van der Waals surface area contributed by atoms with Crippen molar-refractivity contribution in [1.29, 1.82) is 0 Å². The molecule has 6 aromatic carbocycles. The van der Waals surface area contributed by atoms with Crippen molar-refractivity contribution in [2.45, 2.75) is 13.2 Å². The lowest BCUT2D eigenvalue weighted by molar-refractivity contribution is 0.110. The summed E-state index contributed by atoms with van der Waals surface area (Å²) >= 11 is 0. The molecule has 1 heterocycles. The fraction of sp³-hybridized carbons (Fsp3) is 0.136. The number of fused-ring (bicyclic) bond motifs is 3. The highest BCUT2D eigenvalue weighted by Gasteiger charge is 2.36. The van der Waals surface area contributed by atoms with Crippen LogP contribution in [0.2, 0.25) is 0 Å². The summed E-state index contributed by atoms with van der Waals surface area (Å²) in [6, 6.07) is 46.3. The molecule has 0 bridgehead atoms. The molecule has 1 aliphatic rings. The fourth-order valence-corrected chi connectivity index (χ4v) is 6.70. The Bertz CT molecular complexity index is 1770. The molecule has 0 aliphatic carbocycles. The van der Waals surface area contributed by atoms with Crippen LogP contribution in [0.4, 0.5) is 0 Å². The Hall–Kier alpha value is -5.78. The molecule has 0 unspecified atom stereocenters. The van der Waals surface area contributed by atoms with E-state index in [0.29, 0.717) is 13.2 Å². The van der Waals surface area contributed by atoms with E-state index in [4.69, 9.17) is 23.7 Å².